The van der Waals surface area contributed by atoms with Crippen LogP contribution in [0.3, 0.4) is 0 Å². The van der Waals surface area contributed by atoms with E-state index >= 15 is 0 Å². The quantitative estimate of drug-likeness (QED) is 0.677. The summed E-state index contributed by atoms with van der Waals surface area (Å²) in [6.45, 7) is 4.36. The second-order valence-electron chi connectivity index (χ2n) is 3.53. The van der Waals surface area contributed by atoms with E-state index in [-0.39, 0.29) is 0 Å². The molecule has 79 valence electrons. The zero-order valence-corrected chi connectivity index (χ0v) is 8.98. The predicted octanol–water partition coefficient (Wildman–Crippen LogP) is 1.99. The maximum Gasteiger partial charge on any atom is 0.0715 e. The molecule has 4 heteroatoms. The zero-order valence-electron chi connectivity index (χ0n) is 8.98. The number of aromatic nitrogens is 3. The zero-order chi connectivity index (χ0) is 10.2. The van der Waals surface area contributed by atoms with Gasteiger partial charge in [0.05, 0.1) is 12.4 Å². The maximum atomic E-state index is 3.85. The van der Waals surface area contributed by atoms with Gasteiger partial charge in [-0.2, -0.15) is 4.79 Å². The highest BCUT2D eigenvalue weighted by molar-refractivity contribution is 4.79. The lowest BCUT2D eigenvalue weighted by Crippen LogP contribution is -2.25. The second kappa shape index (κ2) is 6.40. The van der Waals surface area contributed by atoms with Gasteiger partial charge in [-0.1, -0.05) is 19.8 Å². The summed E-state index contributed by atoms with van der Waals surface area (Å²) in [7, 11) is 0. The Kier molecular flexibility index (Phi) is 5.04. The molecule has 0 aliphatic carbocycles. The van der Waals surface area contributed by atoms with Crippen molar-refractivity contribution in [2.75, 3.05) is 5.43 Å². The van der Waals surface area contributed by atoms with Gasteiger partial charge in [0.15, 0.2) is 0 Å². The Labute approximate surface area is 85.7 Å². The monoisotopic (exact) mass is 195 g/mol. The summed E-state index contributed by atoms with van der Waals surface area (Å²) in [5.41, 5.74) is 3.22. The normalized spacial score (nSPS) is 12.7. The van der Waals surface area contributed by atoms with Crippen LogP contribution >= 0.6 is 0 Å². The molecule has 14 heavy (non-hydrogen) atoms. The van der Waals surface area contributed by atoms with E-state index in [0.717, 1.165) is 12.8 Å². The maximum absolute atomic E-state index is 3.85. The minimum atomic E-state index is 0.435. The molecule has 0 saturated heterocycles. The van der Waals surface area contributed by atoms with Crippen LogP contribution in [0.1, 0.15) is 39.5 Å². The summed E-state index contributed by atoms with van der Waals surface area (Å²) in [4.78, 5) is 1.66. The van der Waals surface area contributed by atoms with Gasteiger partial charge in [-0.25, -0.2) is 0 Å². The van der Waals surface area contributed by atoms with Crippen molar-refractivity contribution in [1.29, 1.82) is 0 Å². The van der Waals surface area contributed by atoms with Crippen molar-refractivity contribution >= 4 is 0 Å². The van der Waals surface area contributed by atoms with Crippen molar-refractivity contribution in [2.24, 2.45) is 0 Å². The van der Waals surface area contributed by atoms with Gasteiger partial charge in [-0.05, 0) is 31.4 Å². The van der Waals surface area contributed by atoms with Crippen molar-refractivity contribution < 1.29 is 0 Å². The first kappa shape index (κ1) is 11.0. The molecule has 0 aliphatic rings. The molecular formula is C10H19N4. The highest BCUT2D eigenvalue weighted by Crippen LogP contribution is 2.04. The summed E-state index contributed by atoms with van der Waals surface area (Å²) in [5, 5.41) is 7.57. The number of rotatable bonds is 7. The Morgan fingerprint density at radius 1 is 1.50 bits per heavy atom. The van der Waals surface area contributed by atoms with Crippen LogP contribution in [0.5, 0.6) is 0 Å². The molecule has 1 atom stereocenters. The molecule has 1 rings (SSSR count). The molecule has 1 aromatic heterocycles. The second-order valence-corrected chi connectivity index (χ2v) is 3.53. The van der Waals surface area contributed by atoms with Gasteiger partial charge in [0.25, 0.3) is 0 Å². The third-order valence-electron chi connectivity index (χ3n) is 2.07. The van der Waals surface area contributed by atoms with E-state index in [1.54, 1.807) is 11.0 Å². The predicted molar refractivity (Wildman–Crippen MR) is 57.3 cm³/mol. The molecule has 1 heterocycles. The van der Waals surface area contributed by atoms with Gasteiger partial charge >= 0.3 is 0 Å². The molecule has 0 aliphatic heterocycles. The van der Waals surface area contributed by atoms with Gasteiger partial charge < -0.3 is 5.43 Å². The van der Waals surface area contributed by atoms with E-state index < -0.39 is 0 Å². The van der Waals surface area contributed by atoms with E-state index in [1.165, 1.54) is 12.8 Å². The summed E-state index contributed by atoms with van der Waals surface area (Å²) in [5.74, 6) is 0. The highest BCUT2D eigenvalue weighted by Gasteiger charge is 2.01. The Bertz CT molecular complexity index is 220. The number of nitrogens with zero attached hydrogens (tertiary/aromatic N) is 3. The van der Waals surface area contributed by atoms with Crippen LogP contribution in [0.25, 0.3) is 0 Å². The summed E-state index contributed by atoms with van der Waals surface area (Å²) in [6.07, 6.45) is 10.6. The fourth-order valence-electron chi connectivity index (χ4n) is 1.28. The molecule has 0 saturated carbocycles. The van der Waals surface area contributed by atoms with E-state index in [9.17, 15) is 0 Å². The standard InChI is InChI=1S/C10H19N4/c1-3-4-5-6-7-10(2)12-14-9-8-11-13-14/h5,8-10,12H,3-4,6-7H2,1-2H3. The lowest BCUT2D eigenvalue weighted by molar-refractivity contribution is 0.576. The molecule has 1 aromatic rings. The Morgan fingerprint density at radius 3 is 3.00 bits per heavy atom. The van der Waals surface area contributed by atoms with Crippen LogP contribution < -0.4 is 5.43 Å². The SMILES string of the molecule is CCC[CH]CCC(C)Nn1ccnn1. The first-order chi connectivity index (χ1) is 6.83. The van der Waals surface area contributed by atoms with Gasteiger partial charge in [0.2, 0.25) is 0 Å². The van der Waals surface area contributed by atoms with E-state index in [4.69, 9.17) is 0 Å². The Hall–Kier alpha value is -1.06. The molecule has 1 N–H and O–H groups in total. The fraction of sp³-hybridized carbons (Fsp3) is 0.700. The molecule has 0 spiro atoms. The third kappa shape index (κ3) is 4.25. The van der Waals surface area contributed by atoms with Crippen LogP contribution in [0.2, 0.25) is 0 Å². The number of hydrogen-bond acceptors (Lipinski definition) is 3. The average molecular weight is 195 g/mol. The van der Waals surface area contributed by atoms with Gasteiger partial charge in [-0.3, -0.25) is 0 Å². The first-order valence-corrected chi connectivity index (χ1v) is 5.27. The molecule has 4 nitrogen and oxygen atoms in total. The third-order valence-corrected chi connectivity index (χ3v) is 2.07. The molecule has 1 unspecified atom stereocenters. The Morgan fingerprint density at radius 2 is 2.36 bits per heavy atom. The molecule has 1 radical (unpaired) electrons. The van der Waals surface area contributed by atoms with E-state index in [2.05, 4.69) is 36.0 Å². The molecular weight excluding hydrogens is 176 g/mol. The smallest absolute Gasteiger partial charge is 0.0715 e. The topological polar surface area (TPSA) is 42.7 Å². The van der Waals surface area contributed by atoms with Gasteiger partial charge in [0, 0.05) is 6.04 Å². The number of hydrogen-bond donors (Lipinski definition) is 1. The molecule has 0 aromatic carbocycles. The Balaban J connectivity index is 2.07. The van der Waals surface area contributed by atoms with Crippen molar-refractivity contribution in [3.8, 4) is 0 Å². The van der Waals surface area contributed by atoms with E-state index in [1.807, 2.05) is 6.20 Å². The lowest BCUT2D eigenvalue weighted by Gasteiger charge is -2.13. The van der Waals surface area contributed by atoms with Gasteiger partial charge in [-0.15, -0.1) is 5.10 Å². The summed E-state index contributed by atoms with van der Waals surface area (Å²) in [6, 6.07) is 0.435. The minimum Gasteiger partial charge on any atom is -0.306 e. The van der Waals surface area contributed by atoms with E-state index in [0.29, 0.717) is 6.04 Å². The number of unbranched alkanes of at least 4 members (excludes halogenated alkanes) is 3. The highest BCUT2D eigenvalue weighted by atomic mass is 15.6. The van der Waals surface area contributed by atoms with Crippen molar-refractivity contribution in [3.63, 3.8) is 0 Å². The first-order valence-electron chi connectivity index (χ1n) is 5.27. The molecule has 0 fully saturated rings. The number of nitrogens with one attached hydrogen (secondary N) is 1. The summed E-state index contributed by atoms with van der Waals surface area (Å²) < 4.78 is 0. The van der Waals surface area contributed by atoms with Crippen LogP contribution in [-0.4, -0.2) is 21.1 Å². The van der Waals surface area contributed by atoms with Crippen LogP contribution in [0.15, 0.2) is 12.4 Å². The molecule has 0 amide bonds. The largest absolute Gasteiger partial charge is 0.306 e. The summed E-state index contributed by atoms with van der Waals surface area (Å²) >= 11 is 0. The minimum absolute atomic E-state index is 0.435. The van der Waals surface area contributed by atoms with Crippen LogP contribution in [-0.2, 0) is 0 Å². The molecule has 0 bridgehead atoms. The van der Waals surface area contributed by atoms with Crippen molar-refractivity contribution in [1.82, 2.24) is 15.1 Å². The fourth-order valence-corrected chi connectivity index (χ4v) is 1.28. The van der Waals surface area contributed by atoms with Gasteiger partial charge in [0.1, 0.15) is 0 Å². The van der Waals surface area contributed by atoms with Crippen molar-refractivity contribution in [2.45, 2.75) is 45.6 Å². The lowest BCUT2D eigenvalue weighted by atomic mass is 10.1. The average Bonchev–Trinajstić information content (AvgIpc) is 2.65. The van der Waals surface area contributed by atoms with Crippen LogP contribution in [0.4, 0.5) is 0 Å². The van der Waals surface area contributed by atoms with Crippen LogP contribution in [0, 0.1) is 6.42 Å². The van der Waals surface area contributed by atoms with Crippen molar-refractivity contribution in [3.05, 3.63) is 18.8 Å².